The largest absolute Gasteiger partial charge is 0.396 e. The second kappa shape index (κ2) is 6.61. The van der Waals surface area contributed by atoms with Gasteiger partial charge in [0.15, 0.2) is 0 Å². The Bertz CT molecular complexity index is 785. The topological polar surface area (TPSA) is 82.2 Å². The molecule has 1 aliphatic carbocycles. The second-order valence-electron chi connectivity index (χ2n) is 6.71. The molecule has 0 spiro atoms. The molecule has 0 aliphatic heterocycles. The molecule has 0 radical (unpaired) electrons. The Balaban J connectivity index is 1.80. The van der Waals surface area contributed by atoms with E-state index >= 15 is 0 Å². The van der Waals surface area contributed by atoms with Gasteiger partial charge in [-0.1, -0.05) is 43.7 Å². The van der Waals surface area contributed by atoms with Crippen molar-refractivity contribution in [2.45, 2.75) is 32.2 Å². The van der Waals surface area contributed by atoms with Gasteiger partial charge in [0.1, 0.15) is 5.56 Å². The molecule has 2 unspecified atom stereocenters. The first-order chi connectivity index (χ1) is 11.5. The number of carbonyl (C=O) groups excluding carboxylic acids is 1. The van der Waals surface area contributed by atoms with Crippen molar-refractivity contribution in [1.82, 2.24) is 10.3 Å². The number of aliphatic hydroxyl groups is 1. The molecule has 1 aromatic heterocycles. The van der Waals surface area contributed by atoms with Crippen LogP contribution in [0.3, 0.4) is 0 Å². The summed E-state index contributed by atoms with van der Waals surface area (Å²) in [4.78, 5) is 27.5. The molecule has 1 heterocycles. The maximum atomic E-state index is 12.5. The van der Waals surface area contributed by atoms with Gasteiger partial charge in [0, 0.05) is 17.2 Å². The molecule has 0 bridgehead atoms. The molecule has 1 saturated carbocycles. The molecule has 2 atom stereocenters. The first kappa shape index (κ1) is 16.5. The zero-order chi connectivity index (χ0) is 17.2. The van der Waals surface area contributed by atoms with E-state index in [1.807, 2.05) is 37.3 Å². The molecule has 0 saturated heterocycles. The summed E-state index contributed by atoms with van der Waals surface area (Å²) in [5.41, 5.74) is 0.953. The van der Waals surface area contributed by atoms with Gasteiger partial charge in [-0.3, -0.25) is 9.59 Å². The van der Waals surface area contributed by atoms with Crippen LogP contribution in [-0.2, 0) is 0 Å². The zero-order valence-electron chi connectivity index (χ0n) is 13.7. The highest BCUT2D eigenvalue weighted by Crippen LogP contribution is 2.37. The van der Waals surface area contributed by atoms with E-state index in [2.05, 4.69) is 10.3 Å². The Hall–Kier alpha value is -2.40. The van der Waals surface area contributed by atoms with Crippen molar-refractivity contribution < 1.29 is 9.90 Å². The highest BCUT2D eigenvalue weighted by Gasteiger charge is 2.39. The fraction of sp³-hybridized carbons (Fsp3) is 0.368. The van der Waals surface area contributed by atoms with E-state index in [1.54, 1.807) is 12.1 Å². The molecule has 5 nitrogen and oxygen atoms in total. The van der Waals surface area contributed by atoms with Crippen molar-refractivity contribution in [3.63, 3.8) is 0 Å². The lowest BCUT2D eigenvalue weighted by atomic mass is 9.85. The normalized spacial score (nSPS) is 23.2. The Morgan fingerprint density at radius 2 is 2.04 bits per heavy atom. The molecule has 1 fully saturated rings. The quantitative estimate of drug-likeness (QED) is 0.806. The van der Waals surface area contributed by atoms with Gasteiger partial charge in [0.2, 0.25) is 0 Å². The first-order valence-corrected chi connectivity index (χ1v) is 8.24. The molecule has 1 amide bonds. The molecule has 1 aliphatic rings. The van der Waals surface area contributed by atoms with E-state index in [4.69, 9.17) is 0 Å². The maximum Gasteiger partial charge on any atom is 0.261 e. The lowest BCUT2D eigenvalue weighted by Crippen LogP contribution is -2.45. The second-order valence-corrected chi connectivity index (χ2v) is 6.71. The van der Waals surface area contributed by atoms with Crippen LogP contribution >= 0.6 is 0 Å². The summed E-state index contributed by atoms with van der Waals surface area (Å²) in [5, 5.41) is 12.5. The van der Waals surface area contributed by atoms with Gasteiger partial charge in [0.25, 0.3) is 11.5 Å². The van der Waals surface area contributed by atoms with Crippen LogP contribution in [0.1, 0.15) is 36.5 Å². The lowest BCUT2D eigenvalue weighted by Gasteiger charge is -2.30. The van der Waals surface area contributed by atoms with Crippen LogP contribution in [0.4, 0.5) is 0 Å². The van der Waals surface area contributed by atoms with Crippen molar-refractivity contribution in [3.05, 3.63) is 58.4 Å². The van der Waals surface area contributed by atoms with Crippen molar-refractivity contribution in [2.75, 3.05) is 6.61 Å². The first-order valence-electron chi connectivity index (χ1n) is 8.24. The van der Waals surface area contributed by atoms with Gasteiger partial charge >= 0.3 is 0 Å². The number of pyridine rings is 1. The van der Waals surface area contributed by atoms with E-state index in [-0.39, 0.29) is 29.5 Å². The highest BCUT2D eigenvalue weighted by molar-refractivity contribution is 5.94. The smallest absolute Gasteiger partial charge is 0.261 e. The van der Waals surface area contributed by atoms with Gasteiger partial charge in [-0.25, -0.2) is 0 Å². The summed E-state index contributed by atoms with van der Waals surface area (Å²) >= 11 is 0. The monoisotopic (exact) mass is 326 g/mol. The van der Waals surface area contributed by atoms with Gasteiger partial charge in [-0.2, -0.15) is 0 Å². The van der Waals surface area contributed by atoms with Crippen LogP contribution in [-0.4, -0.2) is 28.6 Å². The standard InChI is InChI=1S/C19H22N2O3/c1-19(12-22)11-5-8-16(19)21-18(24)14-9-10-15(20-17(14)23)13-6-3-2-4-7-13/h2-4,6-7,9-10,16,22H,5,8,11-12H2,1H3,(H,20,23)(H,21,24). The number of rotatable bonds is 4. The van der Waals surface area contributed by atoms with E-state index in [1.165, 1.54) is 0 Å². The zero-order valence-corrected chi connectivity index (χ0v) is 13.7. The van der Waals surface area contributed by atoms with E-state index < -0.39 is 5.56 Å². The lowest BCUT2D eigenvalue weighted by molar-refractivity contribution is 0.0829. The van der Waals surface area contributed by atoms with Crippen LogP contribution in [0.25, 0.3) is 11.3 Å². The van der Waals surface area contributed by atoms with Crippen molar-refractivity contribution >= 4 is 5.91 Å². The van der Waals surface area contributed by atoms with Crippen LogP contribution < -0.4 is 10.9 Å². The minimum absolute atomic E-state index is 0.0290. The highest BCUT2D eigenvalue weighted by atomic mass is 16.3. The number of carbonyl (C=O) groups is 1. The number of hydrogen-bond acceptors (Lipinski definition) is 3. The maximum absolute atomic E-state index is 12.5. The van der Waals surface area contributed by atoms with Crippen LogP contribution in [0, 0.1) is 5.41 Å². The summed E-state index contributed by atoms with van der Waals surface area (Å²) in [6.45, 7) is 1.99. The van der Waals surface area contributed by atoms with E-state index in [0.29, 0.717) is 5.69 Å². The fourth-order valence-electron chi connectivity index (χ4n) is 3.34. The van der Waals surface area contributed by atoms with Crippen molar-refractivity contribution in [3.8, 4) is 11.3 Å². The fourth-order valence-corrected chi connectivity index (χ4v) is 3.34. The third-order valence-electron chi connectivity index (χ3n) is 4.99. The van der Waals surface area contributed by atoms with Gasteiger partial charge < -0.3 is 15.4 Å². The minimum atomic E-state index is -0.405. The summed E-state index contributed by atoms with van der Waals surface area (Å²) in [6, 6.07) is 12.7. The molecule has 5 heteroatoms. The van der Waals surface area contributed by atoms with Gasteiger partial charge in [0.05, 0.1) is 6.61 Å². The molecular formula is C19H22N2O3. The summed E-state index contributed by atoms with van der Waals surface area (Å²) < 4.78 is 0. The number of nitrogens with one attached hydrogen (secondary N) is 2. The number of hydrogen-bond donors (Lipinski definition) is 3. The third-order valence-corrected chi connectivity index (χ3v) is 4.99. The van der Waals surface area contributed by atoms with E-state index in [9.17, 15) is 14.7 Å². The van der Waals surface area contributed by atoms with Crippen LogP contribution in [0.2, 0.25) is 0 Å². The Morgan fingerprint density at radius 1 is 1.29 bits per heavy atom. The van der Waals surface area contributed by atoms with E-state index in [0.717, 1.165) is 24.8 Å². The molecular weight excluding hydrogens is 304 g/mol. The predicted octanol–water partition coefficient (Wildman–Crippen LogP) is 2.32. The predicted molar refractivity (Wildman–Crippen MR) is 92.8 cm³/mol. The molecule has 24 heavy (non-hydrogen) atoms. The van der Waals surface area contributed by atoms with Crippen LogP contribution in [0.5, 0.6) is 0 Å². The Labute approximate surface area is 140 Å². The summed E-state index contributed by atoms with van der Waals surface area (Å²) in [6.07, 6.45) is 2.66. The molecule has 3 rings (SSSR count). The Kier molecular flexibility index (Phi) is 4.53. The molecule has 3 N–H and O–H groups in total. The molecule has 1 aromatic carbocycles. The number of aromatic nitrogens is 1. The molecule has 2 aromatic rings. The van der Waals surface area contributed by atoms with Crippen molar-refractivity contribution in [1.29, 1.82) is 0 Å². The van der Waals surface area contributed by atoms with Crippen LogP contribution in [0.15, 0.2) is 47.3 Å². The van der Waals surface area contributed by atoms with Gasteiger partial charge in [-0.15, -0.1) is 0 Å². The summed E-state index contributed by atoms with van der Waals surface area (Å²) in [5.74, 6) is -0.387. The van der Waals surface area contributed by atoms with Crippen molar-refractivity contribution in [2.24, 2.45) is 5.41 Å². The number of amides is 1. The number of aliphatic hydroxyl groups excluding tert-OH is 1. The average Bonchev–Trinajstić information content (AvgIpc) is 2.96. The third kappa shape index (κ3) is 3.12. The number of benzene rings is 1. The average molecular weight is 326 g/mol. The number of H-pyrrole nitrogens is 1. The Morgan fingerprint density at radius 3 is 2.71 bits per heavy atom. The number of aromatic amines is 1. The molecule has 126 valence electrons. The minimum Gasteiger partial charge on any atom is -0.396 e. The van der Waals surface area contributed by atoms with Gasteiger partial charge in [-0.05, 0) is 30.5 Å². The SMILES string of the molecule is CC1(CO)CCCC1NC(=O)c1ccc(-c2ccccc2)[nH]c1=O. The summed E-state index contributed by atoms with van der Waals surface area (Å²) in [7, 11) is 0.